The Hall–Kier alpha value is -0.510. The van der Waals surface area contributed by atoms with Crippen molar-refractivity contribution in [1.29, 1.82) is 0 Å². The first-order valence-corrected chi connectivity index (χ1v) is 8.36. The predicted octanol–water partition coefficient (Wildman–Crippen LogP) is 0.138. The molecule has 120 valence electrons. The van der Waals surface area contributed by atoms with Crippen LogP contribution in [-0.4, -0.2) is 52.2 Å². The van der Waals surface area contributed by atoms with Gasteiger partial charge in [-0.1, -0.05) is 0 Å². The fraction of sp³-hybridized carbons (Fsp3) is 0.857. The monoisotopic (exact) mass is 338 g/mol. The van der Waals surface area contributed by atoms with Gasteiger partial charge in [-0.05, 0) is 0 Å². The van der Waals surface area contributed by atoms with Gasteiger partial charge < -0.3 is 29.0 Å². The molecule has 0 aromatic heterocycles. The lowest BCUT2D eigenvalue weighted by Gasteiger charge is -2.07. The third-order valence-corrected chi connectivity index (χ3v) is 2.57. The first-order chi connectivity index (χ1) is 9.10. The van der Waals surface area contributed by atoms with Gasteiger partial charge in [-0.25, -0.2) is 13.9 Å². The highest BCUT2D eigenvalue weighted by molar-refractivity contribution is 7.46. The summed E-state index contributed by atoms with van der Waals surface area (Å²) in [7, 11) is -9.04. The van der Waals surface area contributed by atoms with Crippen molar-refractivity contribution in [2.24, 2.45) is 0 Å². The molecule has 0 atom stereocenters. The van der Waals surface area contributed by atoms with Crippen LogP contribution in [-0.2, 0) is 27.7 Å². The van der Waals surface area contributed by atoms with Crippen LogP contribution >= 0.6 is 15.6 Å². The normalized spacial score (nSPS) is 12.2. The largest absolute Gasteiger partial charge is 0.508 e. The molecule has 0 aromatic carbocycles. The van der Waals surface area contributed by atoms with Crippen LogP contribution < -0.4 is 0 Å². The van der Waals surface area contributed by atoms with Gasteiger partial charge in [-0.2, -0.15) is 0 Å². The Labute approximate surface area is 114 Å². The van der Waals surface area contributed by atoms with E-state index in [1.807, 2.05) is 0 Å². The van der Waals surface area contributed by atoms with Crippen molar-refractivity contribution in [3.05, 3.63) is 0 Å². The van der Waals surface area contributed by atoms with E-state index in [0.29, 0.717) is 0 Å². The Morgan fingerprint density at radius 3 is 1.40 bits per heavy atom. The molecule has 0 bridgehead atoms. The highest BCUT2D eigenvalue weighted by atomic mass is 31.2. The average molecular weight is 338 g/mol. The molecule has 11 nitrogen and oxygen atoms in total. The van der Waals surface area contributed by atoms with Gasteiger partial charge >= 0.3 is 21.8 Å². The summed E-state index contributed by atoms with van der Waals surface area (Å²) in [6.07, 6.45) is -0.874. The van der Waals surface area contributed by atoms with Gasteiger partial charge in [0.15, 0.2) is 0 Å². The molecule has 4 N–H and O–H groups in total. The van der Waals surface area contributed by atoms with Crippen molar-refractivity contribution in [1.82, 2.24) is 0 Å². The van der Waals surface area contributed by atoms with Gasteiger partial charge in [0.05, 0.1) is 26.4 Å². The van der Waals surface area contributed by atoms with E-state index in [1.165, 1.54) is 0 Å². The van der Waals surface area contributed by atoms with Crippen LogP contribution in [0.4, 0.5) is 4.79 Å². The summed E-state index contributed by atoms with van der Waals surface area (Å²) < 4.78 is 37.8. The Bertz CT molecular complexity index is 337. The van der Waals surface area contributed by atoms with E-state index < -0.39 is 21.8 Å². The summed E-state index contributed by atoms with van der Waals surface area (Å²) in [4.78, 5) is 44.3. The number of carbonyl (C=O) groups excluding carboxylic acids is 1. The third-order valence-electron chi connectivity index (χ3n) is 1.54. The fourth-order valence-electron chi connectivity index (χ4n) is 0.837. The molecule has 0 aliphatic heterocycles. The topological polar surface area (TPSA) is 169 Å². The van der Waals surface area contributed by atoms with Gasteiger partial charge in [-0.15, -0.1) is 0 Å². The maximum absolute atomic E-state index is 10.9. The molecule has 0 rings (SSSR count). The van der Waals surface area contributed by atoms with Crippen molar-refractivity contribution in [3.8, 4) is 0 Å². The maximum Gasteiger partial charge on any atom is 0.508 e. The summed E-state index contributed by atoms with van der Waals surface area (Å²) in [6.45, 7) is -0.878. The van der Waals surface area contributed by atoms with Gasteiger partial charge in [0.1, 0.15) is 0 Å². The van der Waals surface area contributed by atoms with E-state index in [-0.39, 0.29) is 39.3 Å². The second kappa shape index (κ2) is 9.43. The number of carbonyl (C=O) groups is 1. The van der Waals surface area contributed by atoms with E-state index in [1.54, 1.807) is 0 Å². The van der Waals surface area contributed by atoms with Gasteiger partial charge in [0.2, 0.25) is 0 Å². The zero-order chi connectivity index (χ0) is 15.6. The molecule has 0 spiro atoms. The highest BCUT2D eigenvalue weighted by Crippen LogP contribution is 2.36. The number of hydrogen-bond donors (Lipinski definition) is 4. The third kappa shape index (κ3) is 15.5. The van der Waals surface area contributed by atoms with Crippen molar-refractivity contribution in [3.63, 3.8) is 0 Å². The molecule has 20 heavy (non-hydrogen) atoms. The summed E-state index contributed by atoms with van der Waals surface area (Å²) in [5.41, 5.74) is 0. The lowest BCUT2D eigenvalue weighted by atomic mass is 10.5. The molecule has 0 radical (unpaired) electrons. The van der Waals surface area contributed by atoms with Crippen LogP contribution in [0.1, 0.15) is 12.8 Å². The first-order valence-electron chi connectivity index (χ1n) is 5.30. The SMILES string of the molecule is O=C(OCCCOP(=O)(O)O)OCCCOP(=O)(O)O. The maximum atomic E-state index is 10.9. The first kappa shape index (κ1) is 19.5. The number of hydrogen-bond acceptors (Lipinski definition) is 7. The molecule has 0 heterocycles. The molecule has 0 fully saturated rings. The Morgan fingerprint density at radius 2 is 1.10 bits per heavy atom. The van der Waals surface area contributed by atoms with Gasteiger partial charge in [0, 0.05) is 12.8 Å². The Kier molecular flexibility index (Phi) is 9.19. The highest BCUT2D eigenvalue weighted by Gasteiger charge is 2.14. The quantitative estimate of drug-likeness (QED) is 0.243. The van der Waals surface area contributed by atoms with E-state index in [2.05, 4.69) is 18.5 Å². The second-order valence-corrected chi connectivity index (χ2v) is 5.78. The van der Waals surface area contributed by atoms with Crippen molar-refractivity contribution < 1.29 is 52.0 Å². The van der Waals surface area contributed by atoms with Crippen molar-refractivity contribution in [2.45, 2.75) is 12.8 Å². The fourth-order valence-corrected chi connectivity index (χ4v) is 1.57. The van der Waals surface area contributed by atoms with Crippen LogP contribution in [0.3, 0.4) is 0 Å². The molecule has 0 aromatic rings. The number of phosphoric ester groups is 2. The lowest BCUT2D eigenvalue weighted by Crippen LogP contribution is -2.11. The molecular formula is C7H16O11P2. The Morgan fingerprint density at radius 1 is 0.750 bits per heavy atom. The minimum Gasteiger partial charge on any atom is -0.434 e. The smallest absolute Gasteiger partial charge is 0.434 e. The molecule has 13 heteroatoms. The minimum absolute atomic E-state index is 0.0710. The van der Waals surface area contributed by atoms with E-state index in [9.17, 15) is 13.9 Å². The van der Waals surface area contributed by atoms with Gasteiger partial charge in [0.25, 0.3) is 0 Å². The lowest BCUT2D eigenvalue weighted by molar-refractivity contribution is 0.0475. The minimum atomic E-state index is -4.52. The summed E-state index contributed by atoms with van der Waals surface area (Å²) in [6, 6.07) is 0. The number of rotatable bonds is 10. The average Bonchev–Trinajstić information content (AvgIpc) is 2.25. The predicted molar refractivity (Wildman–Crippen MR) is 62.5 cm³/mol. The molecule has 0 aliphatic rings. The van der Waals surface area contributed by atoms with Gasteiger partial charge in [-0.3, -0.25) is 9.05 Å². The molecule has 0 aliphatic carbocycles. The summed E-state index contributed by atoms with van der Waals surface area (Å²) >= 11 is 0. The van der Waals surface area contributed by atoms with Crippen LogP contribution in [0, 0.1) is 0 Å². The van der Waals surface area contributed by atoms with Crippen LogP contribution in [0.25, 0.3) is 0 Å². The van der Waals surface area contributed by atoms with Crippen LogP contribution in [0.5, 0.6) is 0 Å². The Balaban J connectivity index is 3.42. The number of ether oxygens (including phenoxy) is 2. The molecule has 0 amide bonds. The zero-order valence-corrected chi connectivity index (χ0v) is 12.1. The van der Waals surface area contributed by atoms with E-state index >= 15 is 0 Å². The van der Waals surface area contributed by atoms with Crippen LogP contribution in [0.15, 0.2) is 0 Å². The molecular weight excluding hydrogens is 322 g/mol. The molecule has 0 saturated carbocycles. The van der Waals surface area contributed by atoms with Crippen molar-refractivity contribution >= 4 is 21.8 Å². The standard InChI is InChI=1S/C7H16O11P2/c8-7(15-3-1-5-17-19(9,10)11)16-4-2-6-18-20(12,13)14/h1-6H2,(H2,9,10,11)(H2,12,13,14). The van der Waals surface area contributed by atoms with E-state index in [4.69, 9.17) is 19.6 Å². The second-order valence-electron chi connectivity index (χ2n) is 3.30. The van der Waals surface area contributed by atoms with Crippen molar-refractivity contribution in [2.75, 3.05) is 26.4 Å². The zero-order valence-electron chi connectivity index (χ0n) is 10.3. The number of phosphoric acid groups is 2. The van der Waals surface area contributed by atoms with Crippen LogP contribution in [0.2, 0.25) is 0 Å². The molecule has 0 saturated heterocycles. The summed E-state index contributed by atoms with van der Waals surface area (Å²) in [5.74, 6) is 0. The molecule has 0 unspecified atom stereocenters. The van der Waals surface area contributed by atoms with E-state index in [0.717, 1.165) is 0 Å². The summed E-state index contributed by atoms with van der Waals surface area (Å²) in [5, 5.41) is 0.